The average molecular weight is 333 g/mol. The first kappa shape index (κ1) is 18.3. The SMILES string of the molecule is COc1cccc(C(C)(C)CNC(=O)C2CCCC(C(=O)O)C2)c1. The van der Waals surface area contributed by atoms with E-state index >= 15 is 0 Å². The summed E-state index contributed by atoms with van der Waals surface area (Å²) in [5.74, 6) is -0.605. The van der Waals surface area contributed by atoms with Gasteiger partial charge in [0.25, 0.3) is 0 Å². The highest BCUT2D eigenvalue weighted by Crippen LogP contribution is 2.30. The van der Waals surface area contributed by atoms with Crippen molar-refractivity contribution >= 4 is 11.9 Å². The lowest BCUT2D eigenvalue weighted by Crippen LogP contribution is -2.41. The minimum atomic E-state index is -0.788. The Balaban J connectivity index is 1.95. The normalized spacial score (nSPS) is 21.1. The molecule has 1 amide bonds. The summed E-state index contributed by atoms with van der Waals surface area (Å²) in [6.45, 7) is 4.65. The summed E-state index contributed by atoms with van der Waals surface area (Å²) in [7, 11) is 1.63. The fourth-order valence-corrected chi connectivity index (χ4v) is 3.25. The standard InChI is InChI=1S/C19H27NO4/c1-19(2,15-8-5-9-16(11-15)24-3)12-20-17(21)13-6-4-7-14(10-13)18(22)23/h5,8-9,11,13-14H,4,6-7,10,12H2,1-3H3,(H,20,21)(H,22,23). The second kappa shape index (κ2) is 7.69. The van der Waals surface area contributed by atoms with E-state index in [0.29, 0.717) is 19.4 Å². The van der Waals surface area contributed by atoms with Crippen molar-refractivity contribution in [1.29, 1.82) is 0 Å². The Bertz CT molecular complexity index is 597. The van der Waals surface area contributed by atoms with Crippen molar-refractivity contribution in [2.45, 2.75) is 44.9 Å². The summed E-state index contributed by atoms with van der Waals surface area (Å²) in [6.07, 6.45) is 2.69. The van der Waals surface area contributed by atoms with Crippen molar-refractivity contribution in [1.82, 2.24) is 5.32 Å². The van der Waals surface area contributed by atoms with Gasteiger partial charge in [-0.05, 0) is 37.0 Å². The minimum Gasteiger partial charge on any atom is -0.497 e. The van der Waals surface area contributed by atoms with E-state index in [1.165, 1.54) is 0 Å². The van der Waals surface area contributed by atoms with E-state index in [2.05, 4.69) is 19.2 Å². The second-order valence-corrected chi connectivity index (χ2v) is 7.23. The largest absolute Gasteiger partial charge is 0.497 e. The van der Waals surface area contributed by atoms with E-state index in [9.17, 15) is 9.59 Å². The average Bonchev–Trinajstić information content (AvgIpc) is 2.59. The van der Waals surface area contributed by atoms with Crippen LogP contribution in [0.5, 0.6) is 5.75 Å². The lowest BCUT2D eigenvalue weighted by molar-refractivity contribution is -0.144. The van der Waals surface area contributed by atoms with Gasteiger partial charge < -0.3 is 15.2 Å². The van der Waals surface area contributed by atoms with Gasteiger partial charge in [0.15, 0.2) is 0 Å². The maximum absolute atomic E-state index is 12.4. The van der Waals surface area contributed by atoms with Gasteiger partial charge in [0.1, 0.15) is 5.75 Å². The number of carbonyl (C=O) groups excluding carboxylic acids is 1. The summed E-state index contributed by atoms with van der Waals surface area (Å²) in [6, 6.07) is 7.84. The Labute approximate surface area is 143 Å². The third kappa shape index (κ3) is 4.49. The summed E-state index contributed by atoms with van der Waals surface area (Å²) >= 11 is 0. The van der Waals surface area contributed by atoms with E-state index in [0.717, 1.165) is 24.2 Å². The third-order valence-corrected chi connectivity index (χ3v) is 4.95. The van der Waals surface area contributed by atoms with Crippen LogP contribution in [0.15, 0.2) is 24.3 Å². The van der Waals surface area contributed by atoms with Crippen LogP contribution in [0.3, 0.4) is 0 Å². The van der Waals surface area contributed by atoms with Crippen molar-refractivity contribution < 1.29 is 19.4 Å². The van der Waals surface area contributed by atoms with Crippen LogP contribution < -0.4 is 10.1 Å². The Morgan fingerprint density at radius 3 is 2.67 bits per heavy atom. The number of methoxy groups -OCH3 is 1. The monoisotopic (exact) mass is 333 g/mol. The molecule has 0 bridgehead atoms. The second-order valence-electron chi connectivity index (χ2n) is 7.23. The summed E-state index contributed by atoms with van der Waals surface area (Å²) < 4.78 is 5.26. The molecule has 2 atom stereocenters. The van der Waals surface area contributed by atoms with Gasteiger partial charge in [-0.15, -0.1) is 0 Å². The molecule has 2 N–H and O–H groups in total. The fraction of sp³-hybridized carbons (Fsp3) is 0.579. The van der Waals surface area contributed by atoms with Crippen LogP contribution in [0.2, 0.25) is 0 Å². The molecule has 132 valence electrons. The Kier molecular flexibility index (Phi) is 5.86. The molecule has 2 unspecified atom stereocenters. The molecule has 0 spiro atoms. The Morgan fingerprint density at radius 2 is 2.00 bits per heavy atom. The molecule has 24 heavy (non-hydrogen) atoms. The highest BCUT2D eigenvalue weighted by atomic mass is 16.5. The smallest absolute Gasteiger partial charge is 0.306 e. The zero-order valence-corrected chi connectivity index (χ0v) is 14.7. The number of carboxylic acid groups (broad SMARTS) is 1. The van der Waals surface area contributed by atoms with Gasteiger partial charge in [0, 0.05) is 17.9 Å². The number of amides is 1. The molecular weight excluding hydrogens is 306 g/mol. The molecule has 0 radical (unpaired) electrons. The van der Waals surface area contributed by atoms with Crippen molar-refractivity contribution in [2.75, 3.05) is 13.7 Å². The molecule has 2 rings (SSSR count). The topological polar surface area (TPSA) is 75.6 Å². The summed E-state index contributed by atoms with van der Waals surface area (Å²) in [4.78, 5) is 23.6. The number of carbonyl (C=O) groups is 2. The first-order chi connectivity index (χ1) is 11.3. The summed E-state index contributed by atoms with van der Waals surface area (Å²) in [5, 5.41) is 12.2. The van der Waals surface area contributed by atoms with Crippen molar-refractivity contribution in [2.24, 2.45) is 11.8 Å². The Morgan fingerprint density at radius 1 is 1.29 bits per heavy atom. The van der Waals surface area contributed by atoms with Crippen LogP contribution in [-0.2, 0) is 15.0 Å². The lowest BCUT2D eigenvalue weighted by Gasteiger charge is -2.29. The number of ether oxygens (including phenoxy) is 1. The van der Waals surface area contributed by atoms with Crippen LogP contribution in [-0.4, -0.2) is 30.6 Å². The molecule has 0 aromatic heterocycles. The van der Waals surface area contributed by atoms with Crippen LogP contribution in [0.1, 0.15) is 45.1 Å². The molecule has 0 heterocycles. The predicted molar refractivity (Wildman–Crippen MR) is 92.1 cm³/mol. The molecule has 0 aliphatic heterocycles. The van der Waals surface area contributed by atoms with Crippen LogP contribution in [0.25, 0.3) is 0 Å². The van der Waals surface area contributed by atoms with E-state index in [-0.39, 0.29) is 23.2 Å². The number of nitrogens with one attached hydrogen (secondary N) is 1. The van der Waals surface area contributed by atoms with Crippen molar-refractivity contribution in [3.05, 3.63) is 29.8 Å². The van der Waals surface area contributed by atoms with E-state index in [1.54, 1.807) is 7.11 Å². The van der Waals surface area contributed by atoms with Gasteiger partial charge in [-0.2, -0.15) is 0 Å². The van der Waals surface area contributed by atoms with Crippen LogP contribution in [0, 0.1) is 11.8 Å². The van der Waals surface area contributed by atoms with Crippen molar-refractivity contribution in [3.63, 3.8) is 0 Å². The molecule has 1 saturated carbocycles. The van der Waals surface area contributed by atoms with E-state index in [4.69, 9.17) is 9.84 Å². The molecule has 5 heteroatoms. The molecule has 1 aliphatic rings. The van der Waals surface area contributed by atoms with Gasteiger partial charge in [-0.25, -0.2) is 0 Å². The fourth-order valence-electron chi connectivity index (χ4n) is 3.25. The molecule has 1 aromatic carbocycles. The number of hydrogen-bond donors (Lipinski definition) is 2. The van der Waals surface area contributed by atoms with Gasteiger partial charge in [-0.3, -0.25) is 9.59 Å². The molecule has 1 fully saturated rings. The quantitative estimate of drug-likeness (QED) is 0.839. The molecule has 1 aromatic rings. The maximum Gasteiger partial charge on any atom is 0.306 e. The van der Waals surface area contributed by atoms with Gasteiger partial charge in [0.2, 0.25) is 5.91 Å². The predicted octanol–water partition coefficient (Wildman–Crippen LogP) is 2.98. The number of aliphatic carboxylic acids is 1. The first-order valence-electron chi connectivity index (χ1n) is 8.48. The van der Waals surface area contributed by atoms with Gasteiger partial charge in [0.05, 0.1) is 13.0 Å². The van der Waals surface area contributed by atoms with E-state index < -0.39 is 5.97 Å². The van der Waals surface area contributed by atoms with Crippen molar-refractivity contribution in [3.8, 4) is 5.75 Å². The van der Waals surface area contributed by atoms with Crippen LogP contribution in [0.4, 0.5) is 0 Å². The maximum atomic E-state index is 12.4. The zero-order valence-electron chi connectivity index (χ0n) is 14.7. The number of benzene rings is 1. The molecule has 1 aliphatic carbocycles. The van der Waals surface area contributed by atoms with Gasteiger partial charge >= 0.3 is 5.97 Å². The van der Waals surface area contributed by atoms with Gasteiger partial charge in [-0.1, -0.05) is 32.4 Å². The number of rotatable bonds is 6. The van der Waals surface area contributed by atoms with Crippen LogP contribution >= 0.6 is 0 Å². The molecule has 5 nitrogen and oxygen atoms in total. The number of hydrogen-bond acceptors (Lipinski definition) is 3. The highest BCUT2D eigenvalue weighted by molar-refractivity contribution is 5.80. The molecular formula is C19H27NO4. The number of carboxylic acids is 1. The molecule has 0 saturated heterocycles. The minimum absolute atomic E-state index is 0.0306. The Hall–Kier alpha value is -2.04. The third-order valence-electron chi connectivity index (χ3n) is 4.95. The van der Waals surface area contributed by atoms with E-state index in [1.807, 2.05) is 24.3 Å². The summed E-state index contributed by atoms with van der Waals surface area (Å²) in [5.41, 5.74) is 0.861. The lowest BCUT2D eigenvalue weighted by atomic mass is 9.80. The first-order valence-corrected chi connectivity index (χ1v) is 8.48. The zero-order chi connectivity index (χ0) is 17.7. The highest BCUT2D eigenvalue weighted by Gasteiger charge is 2.32.